The molecule has 0 aliphatic heterocycles. The van der Waals surface area contributed by atoms with Crippen molar-refractivity contribution in [1.29, 1.82) is 0 Å². The maximum atomic E-state index is 12.3. The number of nitrogens with one attached hydrogen (secondary N) is 2. The lowest BCUT2D eigenvalue weighted by Gasteiger charge is -2.15. The fourth-order valence-electron chi connectivity index (χ4n) is 3.44. The summed E-state index contributed by atoms with van der Waals surface area (Å²) in [6.07, 6.45) is 3.16. The van der Waals surface area contributed by atoms with Crippen molar-refractivity contribution in [3.8, 4) is 0 Å². The first kappa shape index (κ1) is 20.4. The van der Waals surface area contributed by atoms with Gasteiger partial charge in [0.15, 0.2) is 5.65 Å². The molecule has 0 aliphatic rings. The van der Waals surface area contributed by atoms with Crippen LogP contribution >= 0.6 is 0 Å². The lowest BCUT2D eigenvalue weighted by atomic mass is 10.1. The van der Waals surface area contributed by atoms with Gasteiger partial charge in [-0.2, -0.15) is 0 Å². The van der Waals surface area contributed by atoms with E-state index in [1.807, 2.05) is 68.6 Å². The van der Waals surface area contributed by atoms with E-state index in [4.69, 9.17) is 4.74 Å². The van der Waals surface area contributed by atoms with Crippen LogP contribution in [0.25, 0.3) is 5.65 Å². The van der Waals surface area contributed by atoms with Crippen LogP contribution in [-0.4, -0.2) is 20.5 Å². The summed E-state index contributed by atoms with van der Waals surface area (Å²) in [5.41, 5.74) is 7.40. The zero-order valence-electron chi connectivity index (χ0n) is 17.8. The molecule has 0 unspecified atom stereocenters. The number of rotatable bonds is 6. The number of aromatic nitrogens is 3. The molecule has 0 radical (unpaired) electrons. The molecule has 0 fully saturated rings. The van der Waals surface area contributed by atoms with Crippen LogP contribution in [0.1, 0.15) is 28.2 Å². The molecular weight excluding hydrogens is 390 g/mol. The maximum absolute atomic E-state index is 12.3. The Kier molecular flexibility index (Phi) is 5.84. The van der Waals surface area contributed by atoms with Gasteiger partial charge in [-0.15, -0.1) is 0 Å². The van der Waals surface area contributed by atoms with Crippen LogP contribution in [0.4, 0.5) is 16.2 Å². The lowest BCUT2D eigenvalue weighted by molar-refractivity contribution is 0.153. The van der Waals surface area contributed by atoms with E-state index in [9.17, 15) is 4.79 Å². The summed E-state index contributed by atoms with van der Waals surface area (Å²) in [7, 11) is 0. The highest BCUT2D eigenvalue weighted by Gasteiger charge is 2.12. The molecule has 7 nitrogen and oxygen atoms in total. The van der Waals surface area contributed by atoms with E-state index in [1.54, 1.807) is 6.20 Å². The van der Waals surface area contributed by atoms with Crippen molar-refractivity contribution in [2.45, 2.75) is 33.9 Å². The Bertz CT molecular complexity index is 1220. The summed E-state index contributed by atoms with van der Waals surface area (Å²) in [4.78, 5) is 21.2. The molecule has 1 aromatic carbocycles. The quantitative estimate of drug-likeness (QED) is 0.462. The average Bonchev–Trinajstić information content (AvgIpc) is 3.07. The topological polar surface area (TPSA) is 80.5 Å². The van der Waals surface area contributed by atoms with Crippen molar-refractivity contribution in [3.05, 3.63) is 89.1 Å². The van der Waals surface area contributed by atoms with Gasteiger partial charge in [-0.1, -0.05) is 18.2 Å². The summed E-state index contributed by atoms with van der Waals surface area (Å²) in [5, 5.41) is 6.33. The molecule has 4 aromatic rings. The highest BCUT2D eigenvalue weighted by molar-refractivity contribution is 5.86. The molecule has 3 aromatic heterocycles. The number of carbonyl (C=O) groups excluding carboxylic acids is 1. The molecular formula is C24H25N5O2. The van der Waals surface area contributed by atoms with Crippen LogP contribution in [-0.2, 0) is 17.9 Å². The Morgan fingerprint density at radius 1 is 1.03 bits per heavy atom. The van der Waals surface area contributed by atoms with Crippen LogP contribution < -0.4 is 10.6 Å². The average molecular weight is 415 g/mol. The van der Waals surface area contributed by atoms with Crippen LogP contribution in [0.3, 0.4) is 0 Å². The smallest absolute Gasteiger partial charge is 0.412 e. The van der Waals surface area contributed by atoms with Gasteiger partial charge in [-0.3, -0.25) is 10.3 Å². The number of ether oxygens (including phenoxy) is 1. The fraction of sp³-hybridized carbons (Fsp3) is 0.208. The minimum absolute atomic E-state index is 0.118. The number of pyridine rings is 2. The fourth-order valence-corrected chi connectivity index (χ4v) is 3.44. The number of hydrogen-bond donors (Lipinski definition) is 2. The SMILES string of the molecule is Cc1cccc(NC(=O)OCc2ccccn2)c1CNc1cccn2c(C)c(C)nc12. The number of carbonyl (C=O) groups is 1. The first-order valence-corrected chi connectivity index (χ1v) is 10.1. The number of fused-ring (bicyclic) bond motifs is 1. The second-order valence-electron chi connectivity index (χ2n) is 7.37. The maximum Gasteiger partial charge on any atom is 0.412 e. The highest BCUT2D eigenvalue weighted by Crippen LogP contribution is 2.24. The second kappa shape index (κ2) is 8.87. The third-order valence-corrected chi connectivity index (χ3v) is 5.31. The van der Waals surface area contributed by atoms with Gasteiger partial charge in [0.2, 0.25) is 0 Å². The minimum atomic E-state index is -0.515. The minimum Gasteiger partial charge on any atom is -0.443 e. The Labute approximate surface area is 181 Å². The zero-order valence-corrected chi connectivity index (χ0v) is 17.8. The van der Waals surface area contributed by atoms with Gasteiger partial charge in [-0.05, 0) is 62.2 Å². The van der Waals surface area contributed by atoms with Crippen LogP contribution in [0, 0.1) is 20.8 Å². The predicted molar refractivity (Wildman–Crippen MR) is 121 cm³/mol. The predicted octanol–water partition coefficient (Wildman–Crippen LogP) is 5.02. The molecule has 0 atom stereocenters. The first-order chi connectivity index (χ1) is 15.0. The number of anilines is 2. The van der Waals surface area contributed by atoms with Gasteiger partial charge in [0.25, 0.3) is 0 Å². The van der Waals surface area contributed by atoms with Gasteiger partial charge < -0.3 is 14.5 Å². The molecule has 158 valence electrons. The Morgan fingerprint density at radius 3 is 2.68 bits per heavy atom. The molecule has 7 heteroatoms. The van der Waals surface area contributed by atoms with E-state index in [0.29, 0.717) is 17.9 Å². The molecule has 2 N–H and O–H groups in total. The number of amides is 1. The molecule has 0 saturated heterocycles. The summed E-state index contributed by atoms with van der Waals surface area (Å²) in [6, 6.07) is 15.3. The van der Waals surface area contributed by atoms with Crippen molar-refractivity contribution >= 4 is 23.1 Å². The number of aryl methyl sites for hydroxylation is 3. The van der Waals surface area contributed by atoms with Crippen LogP contribution in [0.15, 0.2) is 60.9 Å². The molecule has 0 saturated carbocycles. The van der Waals surface area contributed by atoms with Crippen molar-refractivity contribution in [2.24, 2.45) is 0 Å². The Balaban J connectivity index is 1.48. The largest absolute Gasteiger partial charge is 0.443 e. The number of benzene rings is 1. The zero-order chi connectivity index (χ0) is 21.8. The standard InChI is InChI=1S/C24H25N5O2/c1-16-8-6-10-21(28-24(30)31-15-19-9-4-5-12-25-19)20(16)14-26-22-11-7-13-29-18(3)17(2)27-23(22)29/h4-13,26H,14-15H2,1-3H3,(H,28,30). The first-order valence-electron chi connectivity index (χ1n) is 10.1. The molecule has 1 amide bonds. The van der Waals surface area contributed by atoms with E-state index in [1.165, 1.54) is 0 Å². The number of hydrogen-bond acceptors (Lipinski definition) is 5. The van der Waals surface area contributed by atoms with E-state index in [2.05, 4.69) is 31.9 Å². The molecule has 0 spiro atoms. The van der Waals surface area contributed by atoms with E-state index in [-0.39, 0.29) is 6.61 Å². The third kappa shape index (κ3) is 4.50. The summed E-state index contributed by atoms with van der Waals surface area (Å²) >= 11 is 0. The van der Waals surface area contributed by atoms with Crippen molar-refractivity contribution < 1.29 is 9.53 Å². The van der Waals surface area contributed by atoms with E-state index in [0.717, 1.165) is 33.8 Å². The molecule has 0 aliphatic carbocycles. The van der Waals surface area contributed by atoms with Gasteiger partial charge >= 0.3 is 6.09 Å². The molecule has 4 rings (SSSR count). The van der Waals surface area contributed by atoms with Crippen molar-refractivity contribution in [2.75, 3.05) is 10.6 Å². The van der Waals surface area contributed by atoms with Gasteiger partial charge in [0.05, 0.1) is 17.1 Å². The summed E-state index contributed by atoms with van der Waals surface area (Å²) < 4.78 is 7.39. The lowest BCUT2D eigenvalue weighted by Crippen LogP contribution is -2.16. The van der Waals surface area contributed by atoms with Gasteiger partial charge in [0, 0.05) is 30.3 Å². The summed E-state index contributed by atoms with van der Waals surface area (Å²) in [6.45, 7) is 6.73. The summed E-state index contributed by atoms with van der Waals surface area (Å²) in [5.74, 6) is 0. The van der Waals surface area contributed by atoms with Gasteiger partial charge in [0.1, 0.15) is 6.61 Å². The van der Waals surface area contributed by atoms with E-state index < -0.39 is 6.09 Å². The third-order valence-electron chi connectivity index (χ3n) is 5.31. The van der Waals surface area contributed by atoms with Gasteiger partial charge in [-0.25, -0.2) is 9.78 Å². The number of imidazole rings is 1. The van der Waals surface area contributed by atoms with Crippen LogP contribution in [0.5, 0.6) is 0 Å². The molecule has 3 heterocycles. The highest BCUT2D eigenvalue weighted by atomic mass is 16.5. The van der Waals surface area contributed by atoms with Crippen molar-refractivity contribution in [1.82, 2.24) is 14.4 Å². The number of nitrogens with zero attached hydrogens (tertiary/aromatic N) is 3. The second-order valence-corrected chi connectivity index (χ2v) is 7.37. The Hall–Kier alpha value is -3.87. The van der Waals surface area contributed by atoms with E-state index >= 15 is 0 Å². The Morgan fingerprint density at radius 2 is 1.87 bits per heavy atom. The molecule has 0 bridgehead atoms. The normalized spacial score (nSPS) is 10.8. The molecule has 31 heavy (non-hydrogen) atoms. The van der Waals surface area contributed by atoms with Crippen LogP contribution in [0.2, 0.25) is 0 Å². The van der Waals surface area contributed by atoms with Crippen molar-refractivity contribution in [3.63, 3.8) is 0 Å². The monoisotopic (exact) mass is 415 g/mol.